The van der Waals surface area contributed by atoms with E-state index >= 15 is 0 Å². The molecule has 1 aromatic carbocycles. The van der Waals surface area contributed by atoms with E-state index in [2.05, 4.69) is 34.4 Å². The van der Waals surface area contributed by atoms with Crippen LogP contribution in [0.15, 0.2) is 42.6 Å². The van der Waals surface area contributed by atoms with E-state index in [4.69, 9.17) is 4.74 Å². The molecule has 3 aromatic rings. The van der Waals surface area contributed by atoms with Gasteiger partial charge in [0.15, 0.2) is 5.65 Å². The van der Waals surface area contributed by atoms with Crippen LogP contribution < -0.4 is 0 Å². The third kappa shape index (κ3) is 3.45. The van der Waals surface area contributed by atoms with E-state index in [1.165, 1.54) is 6.20 Å². The summed E-state index contributed by atoms with van der Waals surface area (Å²) in [6, 6.07) is 10.2. The molecule has 2 aromatic heterocycles. The molecule has 0 N–H and O–H groups in total. The van der Waals surface area contributed by atoms with Gasteiger partial charge >= 0.3 is 5.97 Å². The molecule has 5 nitrogen and oxygen atoms in total. The lowest BCUT2D eigenvalue weighted by Crippen LogP contribution is -2.08. The van der Waals surface area contributed by atoms with Gasteiger partial charge in [-0.15, -0.1) is 0 Å². The number of fused-ring (bicyclic) bond motifs is 1. The summed E-state index contributed by atoms with van der Waals surface area (Å²) in [5, 5.41) is 4.32. The Morgan fingerprint density at radius 1 is 1.24 bits per heavy atom. The van der Waals surface area contributed by atoms with Crippen LogP contribution in [-0.2, 0) is 11.2 Å². The van der Waals surface area contributed by atoms with E-state index in [0.29, 0.717) is 17.8 Å². The van der Waals surface area contributed by atoms with Crippen molar-refractivity contribution in [1.82, 2.24) is 14.6 Å². The minimum absolute atomic E-state index is 0.330. The van der Waals surface area contributed by atoms with Crippen LogP contribution in [0.1, 0.15) is 39.8 Å². The average Bonchev–Trinajstić information content (AvgIpc) is 3.03. The van der Waals surface area contributed by atoms with Gasteiger partial charge < -0.3 is 4.74 Å². The van der Waals surface area contributed by atoms with E-state index in [1.54, 1.807) is 11.4 Å². The van der Waals surface area contributed by atoms with E-state index < -0.39 is 0 Å². The summed E-state index contributed by atoms with van der Waals surface area (Å²) in [7, 11) is 0. The molecule has 0 bridgehead atoms. The van der Waals surface area contributed by atoms with Crippen molar-refractivity contribution in [2.24, 2.45) is 0 Å². The zero-order valence-electron chi connectivity index (χ0n) is 14.7. The number of benzene rings is 1. The average molecular weight is 335 g/mol. The van der Waals surface area contributed by atoms with Crippen LogP contribution in [-0.4, -0.2) is 27.2 Å². The number of carbonyl (C=O) groups excluding carboxylic acids is 1. The van der Waals surface area contributed by atoms with Gasteiger partial charge in [0.2, 0.25) is 0 Å². The van der Waals surface area contributed by atoms with Crippen molar-refractivity contribution in [3.63, 3.8) is 0 Å². The van der Waals surface area contributed by atoms with Gasteiger partial charge in [0.05, 0.1) is 12.8 Å². The van der Waals surface area contributed by atoms with Crippen LogP contribution in [0, 0.1) is 13.8 Å². The molecule has 0 aliphatic carbocycles. The maximum Gasteiger partial charge on any atom is 0.343 e. The van der Waals surface area contributed by atoms with Gasteiger partial charge in [0.1, 0.15) is 5.56 Å². The third-order valence-corrected chi connectivity index (χ3v) is 4.14. The van der Waals surface area contributed by atoms with Crippen molar-refractivity contribution in [3.8, 4) is 0 Å². The van der Waals surface area contributed by atoms with Crippen molar-refractivity contribution in [2.75, 3.05) is 6.61 Å². The Labute approximate surface area is 147 Å². The number of hydrogen-bond acceptors (Lipinski definition) is 4. The number of aryl methyl sites for hydroxylation is 2. The molecule has 0 amide bonds. The van der Waals surface area contributed by atoms with Gasteiger partial charge in [0.25, 0.3) is 0 Å². The second-order valence-corrected chi connectivity index (χ2v) is 5.79. The second kappa shape index (κ2) is 7.30. The first-order valence-corrected chi connectivity index (χ1v) is 8.34. The molecule has 0 radical (unpaired) electrons. The fourth-order valence-electron chi connectivity index (χ4n) is 2.84. The summed E-state index contributed by atoms with van der Waals surface area (Å²) in [5.41, 5.74) is 5.10. The topological polar surface area (TPSA) is 56.5 Å². The Bertz CT molecular complexity index is 927. The summed E-state index contributed by atoms with van der Waals surface area (Å²) in [4.78, 5) is 16.6. The molecule has 0 spiro atoms. The molecule has 25 heavy (non-hydrogen) atoms. The van der Waals surface area contributed by atoms with Crippen LogP contribution in [0.4, 0.5) is 0 Å². The Hall–Kier alpha value is -2.95. The van der Waals surface area contributed by atoms with E-state index in [9.17, 15) is 4.79 Å². The highest BCUT2D eigenvalue weighted by molar-refractivity contribution is 5.95. The van der Waals surface area contributed by atoms with Crippen LogP contribution >= 0.6 is 0 Å². The molecule has 0 fully saturated rings. The predicted octanol–water partition coefficient (Wildman–Crippen LogP) is 3.78. The van der Waals surface area contributed by atoms with Gasteiger partial charge in [0, 0.05) is 11.4 Å². The number of carbonyl (C=O) groups is 1. The monoisotopic (exact) mass is 335 g/mol. The van der Waals surface area contributed by atoms with Crippen LogP contribution in [0.2, 0.25) is 0 Å². The highest BCUT2D eigenvalue weighted by Crippen LogP contribution is 2.19. The Balaban J connectivity index is 1.92. The lowest BCUT2D eigenvalue weighted by Gasteiger charge is -2.09. The quantitative estimate of drug-likeness (QED) is 0.666. The summed E-state index contributed by atoms with van der Waals surface area (Å²) in [6.45, 7) is 6.07. The molecule has 3 rings (SSSR count). The van der Waals surface area contributed by atoms with Crippen LogP contribution in [0.5, 0.6) is 0 Å². The van der Waals surface area contributed by atoms with Crippen LogP contribution in [0.3, 0.4) is 0 Å². The van der Waals surface area contributed by atoms with E-state index in [1.807, 2.05) is 32.0 Å². The summed E-state index contributed by atoms with van der Waals surface area (Å²) in [5.74, 6) is -0.388. The molecule has 0 saturated carbocycles. The smallest absolute Gasteiger partial charge is 0.343 e. The van der Waals surface area contributed by atoms with E-state index in [0.717, 1.165) is 28.9 Å². The molecular weight excluding hydrogens is 314 g/mol. The van der Waals surface area contributed by atoms with Crippen LogP contribution in [0.25, 0.3) is 11.7 Å². The molecule has 0 aliphatic heterocycles. The molecule has 0 atom stereocenters. The zero-order chi connectivity index (χ0) is 17.8. The van der Waals surface area contributed by atoms with Crippen molar-refractivity contribution in [3.05, 3.63) is 70.7 Å². The number of esters is 1. The zero-order valence-corrected chi connectivity index (χ0v) is 14.7. The van der Waals surface area contributed by atoms with Gasteiger partial charge in [-0.3, -0.25) is 0 Å². The summed E-state index contributed by atoms with van der Waals surface area (Å²) < 4.78 is 6.79. The van der Waals surface area contributed by atoms with Crippen molar-refractivity contribution in [2.45, 2.75) is 27.2 Å². The Morgan fingerprint density at radius 2 is 2.00 bits per heavy atom. The van der Waals surface area contributed by atoms with E-state index in [-0.39, 0.29) is 5.97 Å². The normalized spacial score (nSPS) is 11.3. The van der Waals surface area contributed by atoms with Gasteiger partial charge in [-0.2, -0.15) is 5.10 Å². The highest BCUT2D eigenvalue weighted by Gasteiger charge is 2.18. The minimum Gasteiger partial charge on any atom is -0.462 e. The number of rotatable bonds is 5. The molecular formula is C20H21N3O2. The molecule has 128 valence electrons. The SMILES string of the molecule is CCOC(=O)c1cnn2c(C)c(C/C=C/c3ccccc3)c(C)nc12. The highest BCUT2D eigenvalue weighted by atomic mass is 16.5. The first kappa shape index (κ1) is 16.9. The minimum atomic E-state index is -0.388. The lowest BCUT2D eigenvalue weighted by atomic mass is 10.1. The van der Waals surface area contributed by atoms with Gasteiger partial charge in [-0.1, -0.05) is 42.5 Å². The second-order valence-electron chi connectivity index (χ2n) is 5.79. The van der Waals surface area contributed by atoms with Crippen molar-refractivity contribution in [1.29, 1.82) is 0 Å². The van der Waals surface area contributed by atoms with Crippen molar-refractivity contribution >= 4 is 17.7 Å². The third-order valence-electron chi connectivity index (χ3n) is 4.14. The number of aromatic nitrogens is 3. The Morgan fingerprint density at radius 3 is 2.72 bits per heavy atom. The van der Waals surface area contributed by atoms with Gasteiger partial charge in [-0.25, -0.2) is 14.3 Å². The molecule has 0 aliphatic rings. The number of nitrogens with zero attached hydrogens (tertiary/aromatic N) is 3. The summed E-state index contributed by atoms with van der Waals surface area (Å²) in [6.07, 6.45) is 6.49. The summed E-state index contributed by atoms with van der Waals surface area (Å²) >= 11 is 0. The number of allylic oxidation sites excluding steroid dienone is 1. The van der Waals surface area contributed by atoms with Gasteiger partial charge in [-0.05, 0) is 38.3 Å². The standard InChI is InChI=1S/C20H21N3O2/c1-4-25-20(24)18-13-21-23-15(3)17(14(2)22-19(18)23)12-8-11-16-9-6-5-7-10-16/h5-11,13H,4,12H2,1-3H3/b11-8+. The Kier molecular flexibility index (Phi) is 4.93. The largest absolute Gasteiger partial charge is 0.462 e. The molecule has 2 heterocycles. The first-order chi connectivity index (χ1) is 12.1. The fourth-order valence-corrected chi connectivity index (χ4v) is 2.84. The molecule has 0 saturated heterocycles. The molecule has 0 unspecified atom stereocenters. The first-order valence-electron chi connectivity index (χ1n) is 8.34. The fraction of sp³-hybridized carbons (Fsp3) is 0.250. The number of hydrogen-bond donors (Lipinski definition) is 0. The predicted molar refractivity (Wildman–Crippen MR) is 97.6 cm³/mol. The number of ether oxygens (including phenoxy) is 1. The lowest BCUT2D eigenvalue weighted by molar-refractivity contribution is 0.0528. The molecule has 5 heteroatoms. The maximum absolute atomic E-state index is 12.0. The maximum atomic E-state index is 12.0. The van der Waals surface area contributed by atoms with Crippen molar-refractivity contribution < 1.29 is 9.53 Å².